The van der Waals surface area contributed by atoms with E-state index >= 15 is 0 Å². The molecule has 4 fully saturated rings. The van der Waals surface area contributed by atoms with Gasteiger partial charge in [-0.2, -0.15) is 0 Å². The minimum Gasteiger partial charge on any atom is -0.497 e. The van der Waals surface area contributed by atoms with Gasteiger partial charge in [0.1, 0.15) is 5.75 Å². The molecular formula is C20H28N2O2. The minimum absolute atomic E-state index is 0.0144. The number of amides is 2. The fourth-order valence-electron chi connectivity index (χ4n) is 6.66. The zero-order valence-corrected chi connectivity index (χ0v) is 14.9. The van der Waals surface area contributed by atoms with E-state index in [0.717, 1.165) is 36.6 Å². The average molecular weight is 328 g/mol. The number of ether oxygens (including phenoxy) is 1. The molecule has 5 rings (SSSR count). The van der Waals surface area contributed by atoms with Crippen molar-refractivity contribution >= 4 is 11.7 Å². The zero-order chi connectivity index (χ0) is 17.0. The van der Waals surface area contributed by atoms with Gasteiger partial charge in [-0.3, -0.25) is 0 Å². The highest BCUT2D eigenvalue weighted by Gasteiger charge is 2.60. The van der Waals surface area contributed by atoms with Gasteiger partial charge in [-0.05, 0) is 79.5 Å². The molecule has 4 aliphatic rings. The molecule has 130 valence electrons. The molecule has 0 saturated heterocycles. The molecule has 24 heavy (non-hydrogen) atoms. The Bertz CT molecular complexity index is 636. The standard InChI is InChI=1S/C20H28N2O2/c1-18-8-14-9-19(2,11-18)13-20(10-14,12-18)22-17(23)21-15-4-6-16(24-3)7-5-15/h4-7,14H,8-13H2,1-3H3,(H2,21,22,23). The van der Waals surface area contributed by atoms with Crippen molar-refractivity contribution in [1.29, 1.82) is 0 Å². The largest absolute Gasteiger partial charge is 0.497 e. The van der Waals surface area contributed by atoms with E-state index in [4.69, 9.17) is 4.74 Å². The molecule has 2 atom stereocenters. The van der Waals surface area contributed by atoms with E-state index in [1.165, 1.54) is 19.3 Å². The van der Waals surface area contributed by atoms with Crippen LogP contribution >= 0.6 is 0 Å². The number of methoxy groups -OCH3 is 1. The van der Waals surface area contributed by atoms with Crippen LogP contribution in [0.25, 0.3) is 0 Å². The van der Waals surface area contributed by atoms with Crippen molar-refractivity contribution in [2.24, 2.45) is 16.7 Å². The predicted molar refractivity (Wildman–Crippen MR) is 95.3 cm³/mol. The van der Waals surface area contributed by atoms with E-state index in [2.05, 4.69) is 24.5 Å². The van der Waals surface area contributed by atoms with Crippen LogP contribution in [0.15, 0.2) is 24.3 Å². The number of carbonyl (C=O) groups excluding carboxylic acids is 1. The van der Waals surface area contributed by atoms with Crippen LogP contribution in [0, 0.1) is 16.7 Å². The topological polar surface area (TPSA) is 50.4 Å². The van der Waals surface area contributed by atoms with Crippen LogP contribution in [0.3, 0.4) is 0 Å². The van der Waals surface area contributed by atoms with Gasteiger partial charge in [-0.15, -0.1) is 0 Å². The number of rotatable bonds is 3. The molecule has 2 N–H and O–H groups in total. The molecule has 4 aliphatic carbocycles. The lowest BCUT2D eigenvalue weighted by Gasteiger charge is -2.65. The predicted octanol–water partition coefficient (Wildman–Crippen LogP) is 4.57. The summed E-state index contributed by atoms with van der Waals surface area (Å²) < 4.78 is 5.16. The van der Waals surface area contributed by atoms with Crippen LogP contribution in [0.2, 0.25) is 0 Å². The molecule has 4 heteroatoms. The van der Waals surface area contributed by atoms with Gasteiger partial charge >= 0.3 is 6.03 Å². The van der Waals surface area contributed by atoms with Crippen LogP contribution in [-0.2, 0) is 0 Å². The average Bonchev–Trinajstić information content (AvgIpc) is 2.43. The number of hydrogen-bond acceptors (Lipinski definition) is 2. The summed E-state index contributed by atoms with van der Waals surface area (Å²) in [4.78, 5) is 12.6. The van der Waals surface area contributed by atoms with Crippen LogP contribution in [0.1, 0.15) is 52.4 Å². The molecule has 2 amide bonds. The fourth-order valence-corrected chi connectivity index (χ4v) is 6.66. The molecule has 4 nitrogen and oxygen atoms in total. The van der Waals surface area contributed by atoms with E-state index < -0.39 is 0 Å². The molecule has 0 spiro atoms. The Hall–Kier alpha value is -1.71. The van der Waals surface area contributed by atoms with Gasteiger partial charge in [-0.1, -0.05) is 13.8 Å². The Labute approximate surface area is 144 Å². The second kappa shape index (κ2) is 5.14. The maximum atomic E-state index is 12.6. The molecule has 4 saturated carbocycles. The summed E-state index contributed by atoms with van der Waals surface area (Å²) in [6.45, 7) is 4.85. The lowest BCUT2D eigenvalue weighted by atomic mass is 9.43. The molecule has 1 aromatic carbocycles. The highest BCUT2D eigenvalue weighted by Crippen LogP contribution is 2.66. The molecular weight excluding hydrogens is 300 g/mol. The summed E-state index contributed by atoms with van der Waals surface area (Å²) in [6.07, 6.45) is 7.40. The molecule has 1 aromatic rings. The molecule has 0 radical (unpaired) electrons. The number of nitrogens with one attached hydrogen (secondary N) is 2. The second-order valence-electron chi connectivity index (χ2n) is 9.22. The lowest BCUT2D eigenvalue weighted by molar-refractivity contribution is -0.113. The van der Waals surface area contributed by atoms with Gasteiger partial charge in [0.25, 0.3) is 0 Å². The molecule has 0 heterocycles. The normalized spacial score (nSPS) is 39.5. The van der Waals surface area contributed by atoms with E-state index in [1.54, 1.807) is 7.11 Å². The third-order valence-corrected chi connectivity index (χ3v) is 6.35. The number of anilines is 1. The summed E-state index contributed by atoms with van der Waals surface area (Å²) in [6, 6.07) is 7.40. The van der Waals surface area contributed by atoms with Crippen molar-refractivity contribution in [2.75, 3.05) is 12.4 Å². The third-order valence-electron chi connectivity index (χ3n) is 6.35. The fraction of sp³-hybridized carbons (Fsp3) is 0.650. The summed E-state index contributed by atoms with van der Waals surface area (Å²) in [7, 11) is 1.64. The smallest absolute Gasteiger partial charge is 0.319 e. The zero-order valence-electron chi connectivity index (χ0n) is 14.9. The van der Waals surface area contributed by atoms with E-state index in [-0.39, 0.29) is 11.6 Å². The van der Waals surface area contributed by atoms with E-state index in [0.29, 0.717) is 10.8 Å². The van der Waals surface area contributed by atoms with Crippen LogP contribution in [-0.4, -0.2) is 18.7 Å². The van der Waals surface area contributed by atoms with Crippen molar-refractivity contribution in [2.45, 2.75) is 57.9 Å². The highest BCUT2D eigenvalue weighted by atomic mass is 16.5. The summed E-state index contributed by atoms with van der Waals surface area (Å²) in [5.74, 6) is 1.57. The van der Waals surface area contributed by atoms with Gasteiger partial charge in [-0.25, -0.2) is 4.79 Å². The molecule has 4 bridgehead atoms. The van der Waals surface area contributed by atoms with Gasteiger partial charge in [0, 0.05) is 11.2 Å². The van der Waals surface area contributed by atoms with Crippen LogP contribution in [0.5, 0.6) is 5.75 Å². The Balaban J connectivity index is 1.47. The summed E-state index contributed by atoms with van der Waals surface area (Å²) in [5.41, 5.74) is 1.60. The highest BCUT2D eigenvalue weighted by molar-refractivity contribution is 5.89. The number of carbonyl (C=O) groups is 1. The Morgan fingerprint density at radius 3 is 2.21 bits per heavy atom. The monoisotopic (exact) mass is 328 g/mol. The Morgan fingerprint density at radius 2 is 1.67 bits per heavy atom. The maximum Gasteiger partial charge on any atom is 0.319 e. The summed E-state index contributed by atoms with van der Waals surface area (Å²) >= 11 is 0. The van der Waals surface area contributed by atoms with Gasteiger partial charge in [0.05, 0.1) is 7.11 Å². The van der Waals surface area contributed by atoms with Gasteiger partial charge in [0.2, 0.25) is 0 Å². The van der Waals surface area contributed by atoms with Crippen LogP contribution < -0.4 is 15.4 Å². The molecule has 2 unspecified atom stereocenters. The first-order valence-corrected chi connectivity index (χ1v) is 9.04. The van der Waals surface area contributed by atoms with Crippen molar-refractivity contribution in [3.05, 3.63) is 24.3 Å². The van der Waals surface area contributed by atoms with Gasteiger partial charge < -0.3 is 15.4 Å². The van der Waals surface area contributed by atoms with Gasteiger partial charge in [0.15, 0.2) is 0 Å². The first-order chi connectivity index (χ1) is 11.3. The molecule has 0 aliphatic heterocycles. The van der Waals surface area contributed by atoms with Crippen molar-refractivity contribution < 1.29 is 9.53 Å². The van der Waals surface area contributed by atoms with Crippen molar-refractivity contribution in [1.82, 2.24) is 5.32 Å². The minimum atomic E-state index is -0.0747. The Kier molecular flexibility index (Phi) is 3.38. The molecule has 0 aromatic heterocycles. The number of benzene rings is 1. The maximum absolute atomic E-state index is 12.6. The summed E-state index contributed by atoms with van der Waals surface area (Å²) in [5, 5.41) is 6.36. The van der Waals surface area contributed by atoms with Crippen molar-refractivity contribution in [3.8, 4) is 5.75 Å². The SMILES string of the molecule is COc1ccc(NC(=O)NC23CC4CC(C)(CC(C)(C4)C2)C3)cc1. The first-order valence-electron chi connectivity index (χ1n) is 9.04. The Morgan fingerprint density at radius 1 is 1.04 bits per heavy atom. The number of hydrogen-bond donors (Lipinski definition) is 2. The lowest BCUT2D eigenvalue weighted by Crippen LogP contribution is -2.65. The van der Waals surface area contributed by atoms with Crippen molar-refractivity contribution in [3.63, 3.8) is 0 Å². The van der Waals surface area contributed by atoms with E-state index in [1.807, 2.05) is 24.3 Å². The first kappa shape index (κ1) is 15.8. The number of urea groups is 1. The van der Waals surface area contributed by atoms with E-state index in [9.17, 15) is 4.79 Å². The van der Waals surface area contributed by atoms with Crippen LogP contribution in [0.4, 0.5) is 10.5 Å². The second-order valence-corrected chi connectivity index (χ2v) is 9.22. The third kappa shape index (κ3) is 2.76. The quantitative estimate of drug-likeness (QED) is 0.854.